The van der Waals surface area contributed by atoms with Crippen LogP contribution in [0.5, 0.6) is 0 Å². The normalized spacial score (nSPS) is 29.3. The van der Waals surface area contributed by atoms with E-state index in [0.29, 0.717) is 42.3 Å². The summed E-state index contributed by atoms with van der Waals surface area (Å²) in [6.45, 7) is 3.54. The molecule has 3 saturated heterocycles. The SMILES string of the molecule is CC1CC2CCN(c3cc(C(F)(F)F)c4cn(-c5cccc([C@@H](C6CCC6)C6NNC7(CCCCC7)N6C)c5)c(=O)n4c3)CC(C1)N2. The van der Waals surface area contributed by atoms with Gasteiger partial charge >= 0.3 is 11.9 Å². The third-order valence-corrected chi connectivity index (χ3v) is 12.2. The molecule has 2 bridgehead atoms. The van der Waals surface area contributed by atoms with Gasteiger partial charge in [-0.3, -0.25) is 13.9 Å². The molecule has 254 valence electrons. The number of fused-ring (bicyclic) bond motifs is 3. The highest BCUT2D eigenvalue weighted by atomic mass is 19.4. The minimum atomic E-state index is -4.60. The molecule has 5 aliphatic rings. The minimum Gasteiger partial charge on any atom is -0.369 e. The summed E-state index contributed by atoms with van der Waals surface area (Å²) in [5.74, 6) is 1.28. The number of benzene rings is 1. The molecule has 5 heterocycles. The van der Waals surface area contributed by atoms with Gasteiger partial charge < -0.3 is 10.2 Å². The van der Waals surface area contributed by atoms with Crippen molar-refractivity contribution in [2.24, 2.45) is 11.8 Å². The minimum absolute atomic E-state index is 0.0500. The van der Waals surface area contributed by atoms with Crippen LogP contribution in [0, 0.1) is 11.8 Å². The van der Waals surface area contributed by atoms with Gasteiger partial charge in [-0.25, -0.2) is 15.6 Å². The van der Waals surface area contributed by atoms with Crippen molar-refractivity contribution in [2.75, 3.05) is 25.0 Å². The zero-order valence-electron chi connectivity index (χ0n) is 27.5. The van der Waals surface area contributed by atoms with Crippen LogP contribution in [0.1, 0.15) is 94.6 Å². The van der Waals surface area contributed by atoms with Crippen molar-refractivity contribution >= 4 is 11.2 Å². The van der Waals surface area contributed by atoms with Gasteiger partial charge in [0.05, 0.1) is 34.3 Å². The van der Waals surface area contributed by atoms with E-state index < -0.39 is 17.4 Å². The van der Waals surface area contributed by atoms with E-state index in [1.54, 1.807) is 6.20 Å². The second-order valence-electron chi connectivity index (χ2n) is 15.2. The largest absolute Gasteiger partial charge is 0.418 e. The Labute approximate surface area is 274 Å². The van der Waals surface area contributed by atoms with Gasteiger partial charge in [0, 0.05) is 43.5 Å². The van der Waals surface area contributed by atoms with E-state index in [0.717, 1.165) is 50.5 Å². The number of likely N-dealkylation sites (N-methyl/N-ethyl adjacent to an activating group) is 1. The molecule has 3 aromatic rings. The molecule has 11 heteroatoms. The Balaban J connectivity index is 1.16. The standard InChI is InChI=1S/C36H48F3N7O/c1-23-16-26-12-15-44(20-27(17-23)40-26)29-19-30(36(37,38)39)31-22-45(34(47)46(31)21-29)28-11-7-10-25(18-28)32(24-8-6-9-24)33-41-42-35(43(33)2)13-4-3-5-14-35/h7,10-11,18-19,21-24,26-27,32-33,40-42H,3-6,8-9,12-17,20H2,1-2H3/t23?,26?,27?,32-,33?/m1/s1. The van der Waals surface area contributed by atoms with Crippen LogP contribution >= 0.6 is 0 Å². The first-order valence-electron chi connectivity index (χ1n) is 17.8. The number of pyridine rings is 1. The molecule has 2 aromatic heterocycles. The molecule has 8 nitrogen and oxygen atoms in total. The summed E-state index contributed by atoms with van der Waals surface area (Å²) in [6.07, 6.45) is 10.8. The van der Waals surface area contributed by atoms with E-state index in [1.807, 2.05) is 23.1 Å². The number of nitrogens with zero attached hydrogens (tertiary/aromatic N) is 4. The maximum atomic E-state index is 14.6. The lowest BCUT2D eigenvalue weighted by Crippen LogP contribution is -2.53. The number of imidazole rings is 1. The van der Waals surface area contributed by atoms with Crippen LogP contribution in [0.2, 0.25) is 0 Å². The number of alkyl halides is 3. The summed E-state index contributed by atoms with van der Waals surface area (Å²) in [7, 11) is 2.22. The molecule has 8 rings (SSSR count). The van der Waals surface area contributed by atoms with Crippen LogP contribution in [0.15, 0.2) is 47.5 Å². The zero-order valence-corrected chi connectivity index (χ0v) is 27.5. The van der Waals surface area contributed by atoms with Crippen molar-refractivity contribution in [3.8, 4) is 5.69 Å². The van der Waals surface area contributed by atoms with Gasteiger partial charge in [-0.1, -0.05) is 44.7 Å². The van der Waals surface area contributed by atoms with Crippen LogP contribution in [-0.4, -0.2) is 57.9 Å². The Hall–Kier alpha value is -2.86. The van der Waals surface area contributed by atoms with E-state index in [9.17, 15) is 18.0 Å². The van der Waals surface area contributed by atoms with E-state index in [1.165, 1.54) is 46.9 Å². The zero-order chi connectivity index (χ0) is 32.5. The summed E-state index contributed by atoms with van der Waals surface area (Å²) < 4.78 is 46.6. The molecule has 47 heavy (non-hydrogen) atoms. The molecule has 1 aromatic carbocycles. The van der Waals surface area contributed by atoms with Gasteiger partial charge in [-0.2, -0.15) is 13.2 Å². The predicted molar refractivity (Wildman–Crippen MR) is 178 cm³/mol. The predicted octanol–water partition coefficient (Wildman–Crippen LogP) is 5.99. The maximum Gasteiger partial charge on any atom is 0.418 e. The average molecular weight is 652 g/mol. The first-order chi connectivity index (χ1) is 22.6. The van der Waals surface area contributed by atoms with E-state index in [-0.39, 0.29) is 29.3 Å². The maximum absolute atomic E-state index is 14.6. The van der Waals surface area contributed by atoms with Gasteiger partial charge in [0.1, 0.15) is 0 Å². The topological polar surface area (TPSA) is 69.0 Å². The molecular formula is C36H48F3N7O. The number of hydrogen-bond acceptors (Lipinski definition) is 6. The van der Waals surface area contributed by atoms with Crippen molar-refractivity contribution in [3.63, 3.8) is 0 Å². The van der Waals surface area contributed by atoms with Crippen LogP contribution in [-0.2, 0) is 6.18 Å². The van der Waals surface area contributed by atoms with Crippen molar-refractivity contribution in [2.45, 2.75) is 114 Å². The summed E-state index contributed by atoms with van der Waals surface area (Å²) in [4.78, 5) is 18.6. The lowest BCUT2D eigenvalue weighted by molar-refractivity contribution is -0.136. The monoisotopic (exact) mass is 651 g/mol. The molecular weight excluding hydrogens is 603 g/mol. The highest BCUT2D eigenvalue weighted by Crippen LogP contribution is 2.46. The van der Waals surface area contributed by atoms with Crippen LogP contribution in [0.4, 0.5) is 18.9 Å². The van der Waals surface area contributed by atoms with Crippen LogP contribution in [0.25, 0.3) is 11.2 Å². The summed E-state index contributed by atoms with van der Waals surface area (Å²) in [5, 5.41) is 3.69. The second kappa shape index (κ2) is 11.9. The Morgan fingerprint density at radius 3 is 2.49 bits per heavy atom. The fraction of sp³-hybridized carbons (Fsp3) is 0.639. The summed E-state index contributed by atoms with van der Waals surface area (Å²) in [5.41, 5.74) is 8.06. The van der Waals surface area contributed by atoms with Crippen molar-refractivity contribution in [3.05, 3.63) is 64.3 Å². The Morgan fingerprint density at radius 1 is 0.957 bits per heavy atom. The van der Waals surface area contributed by atoms with Crippen molar-refractivity contribution < 1.29 is 13.2 Å². The van der Waals surface area contributed by atoms with E-state index in [4.69, 9.17) is 0 Å². The highest BCUT2D eigenvalue weighted by Gasteiger charge is 2.49. The number of rotatable bonds is 5. The second-order valence-corrected chi connectivity index (χ2v) is 15.2. The molecule has 2 aliphatic carbocycles. The van der Waals surface area contributed by atoms with Gasteiger partial charge in [0.2, 0.25) is 0 Å². The fourth-order valence-electron chi connectivity index (χ4n) is 9.53. The number of halogens is 3. The number of aromatic nitrogens is 2. The Bertz CT molecular complexity index is 1670. The quantitative estimate of drug-likeness (QED) is 0.315. The van der Waals surface area contributed by atoms with Gasteiger partial charge in [0.25, 0.3) is 0 Å². The number of piperidine rings is 1. The molecule has 3 N–H and O–H groups in total. The average Bonchev–Trinajstić information content (AvgIpc) is 3.45. The third kappa shape index (κ3) is 5.60. The lowest BCUT2D eigenvalue weighted by Gasteiger charge is -2.44. The van der Waals surface area contributed by atoms with Crippen molar-refractivity contribution in [1.82, 2.24) is 30.0 Å². The first-order valence-corrected chi connectivity index (χ1v) is 17.8. The first kappa shape index (κ1) is 31.4. The highest BCUT2D eigenvalue weighted by molar-refractivity contribution is 5.63. The van der Waals surface area contributed by atoms with Crippen molar-refractivity contribution in [1.29, 1.82) is 0 Å². The van der Waals surface area contributed by atoms with Gasteiger partial charge in [-0.15, -0.1) is 0 Å². The summed E-state index contributed by atoms with van der Waals surface area (Å²) >= 11 is 0. The molecule has 4 unspecified atom stereocenters. The number of nitrogens with one attached hydrogen (secondary N) is 3. The molecule has 0 amide bonds. The Kier molecular flexibility index (Phi) is 7.97. The summed E-state index contributed by atoms with van der Waals surface area (Å²) in [6, 6.07) is 9.79. The Morgan fingerprint density at radius 2 is 1.74 bits per heavy atom. The van der Waals surface area contributed by atoms with Crippen LogP contribution < -0.4 is 26.8 Å². The van der Waals surface area contributed by atoms with E-state index >= 15 is 0 Å². The number of anilines is 1. The molecule has 5 atom stereocenters. The number of hydrazine groups is 1. The lowest BCUT2D eigenvalue weighted by atomic mass is 9.71. The van der Waals surface area contributed by atoms with Gasteiger partial charge in [0.15, 0.2) is 0 Å². The molecule has 3 aliphatic heterocycles. The fourth-order valence-corrected chi connectivity index (χ4v) is 9.53. The smallest absolute Gasteiger partial charge is 0.369 e. The number of hydrogen-bond donors (Lipinski definition) is 3. The third-order valence-electron chi connectivity index (χ3n) is 12.2. The van der Waals surface area contributed by atoms with Gasteiger partial charge in [-0.05, 0) is 87.6 Å². The molecule has 0 radical (unpaired) electrons. The molecule has 1 spiro atoms. The molecule has 2 saturated carbocycles. The molecule has 5 fully saturated rings. The van der Waals surface area contributed by atoms with Crippen LogP contribution in [0.3, 0.4) is 0 Å². The van der Waals surface area contributed by atoms with E-state index in [2.05, 4.69) is 41.1 Å².